The van der Waals surface area contributed by atoms with Gasteiger partial charge in [-0.25, -0.2) is 0 Å². The van der Waals surface area contributed by atoms with E-state index in [4.69, 9.17) is 9.47 Å². The number of aromatic amines is 1. The van der Waals surface area contributed by atoms with Gasteiger partial charge in [0.15, 0.2) is 11.5 Å². The van der Waals surface area contributed by atoms with Crippen LogP contribution in [-0.2, 0) is 0 Å². The molecule has 0 saturated heterocycles. The molecule has 33 heavy (non-hydrogen) atoms. The first-order valence-electron chi connectivity index (χ1n) is 11.9. The van der Waals surface area contributed by atoms with Crippen LogP contribution in [0, 0.1) is 5.92 Å². The Hall–Kier alpha value is -3.24. The average Bonchev–Trinajstić information content (AvgIpc) is 3.23. The Morgan fingerprint density at radius 1 is 0.879 bits per heavy atom. The number of hydrogen-bond acceptors (Lipinski definition) is 3. The monoisotopic (exact) mass is 440 g/mol. The molecular formula is C29H32N2O2. The third-order valence-electron chi connectivity index (χ3n) is 6.32. The second kappa shape index (κ2) is 9.32. The van der Waals surface area contributed by atoms with Gasteiger partial charge in [0.05, 0.1) is 19.3 Å². The van der Waals surface area contributed by atoms with E-state index in [0.29, 0.717) is 25.0 Å². The summed E-state index contributed by atoms with van der Waals surface area (Å²) in [6.07, 6.45) is 0. The summed E-state index contributed by atoms with van der Waals surface area (Å²) in [6, 6.07) is 25.8. The second-order valence-electron chi connectivity index (χ2n) is 9.15. The molecule has 1 aliphatic rings. The molecule has 1 aliphatic heterocycles. The van der Waals surface area contributed by atoms with Gasteiger partial charge in [-0.05, 0) is 47.7 Å². The van der Waals surface area contributed by atoms with E-state index in [1.165, 1.54) is 33.3 Å². The lowest BCUT2D eigenvalue weighted by Gasteiger charge is -2.31. The van der Waals surface area contributed by atoms with Crippen molar-refractivity contribution < 1.29 is 9.47 Å². The lowest BCUT2D eigenvalue weighted by Crippen LogP contribution is -2.34. The number of fused-ring (bicyclic) bond motifs is 3. The highest BCUT2D eigenvalue weighted by molar-refractivity contribution is 5.86. The number of H-pyrrole nitrogens is 1. The van der Waals surface area contributed by atoms with Crippen LogP contribution in [0.5, 0.6) is 11.5 Å². The molecule has 4 aromatic rings. The summed E-state index contributed by atoms with van der Waals surface area (Å²) in [6.45, 7) is 8.47. The van der Waals surface area contributed by atoms with Crippen LogP contribution in [0.3, 0.4) is 0 Å². The Morgan fingerprint density at radius 2 is 1.67 bits per heavy atom. The maximum Gasteiger partial charge on any atom is 0.161 e. The van der Waals surface area contributed by atoms with Crippen LogP contribution >= 0.6 is 0 Å². The SMILES string of the molecule is CCOc1cc([C@@H]2NC[C@@H](c3ccccc3)c3c2[nH]c2ccccc32)ccc1OCC(C)C. The summed E-state index contributed by atoms with van der Waals surface area (Å²) in [7, 11) is 0. The molecule has 0 unspecified atom stereocenters. The van der Waals surface area contributed by atoms with E-state index >= 15 is 0 Å². The summed E-state index contributed by atoms with van der Waals surface area (Å²) < 4.78 is 12.0. The van der Waals surface area contributed by atoms with Gasteiger partial charge in [0.2, 0.25) is 0 Å². The quantitative estimate of drug-likeness (QED) is 0.348. The molecule has 1 aromatic heterocycles. The molecule has 0 bridgehead atoms. The van der Waals surface area contributed by atoms with Crippen LogP contribution in [0.4, 0.5) is 0 Å². The van der Waals surface area contributed by atoms with Gasteiger partial charge in [-0.1, -0.05) is 68.4 Å². The van der Waals surface area contributed by atoms with E-state index in [-0.39, 0.29) is 6.04 Å². The molecule has 4 nitrogen and oxygen atoms in total. The van der Waals surface area contributed by atoms with Crippen molar-refractivity contribution in [2.45, 2.75) is 32.7 Å². The number of hydrogen-bond donors (Lipinski definition) is 2. The molecule has 4 heteroatoms. The van der Waals surface area contributed by atoms with Gasteiger partial charge in [-0.2, -0.15) is 0 Å². The van der Waals surface area contributed by atoms with Crippen LogP contribution in [0.25, 0.3) is 10.9 Å². The average molecular weight is 441 g/mol. The molecule has 0 spiro atoms. The third-order valence-corrected chi connectivity index (χ3v) is 6.32. The van der Waals surface area contributed by atoms with E-state index in [0.717, 1.165) is 18.0 Å². The zero-order valence-corrected chi connectivity index (χ0v) is 19.6. The van der Waals surface area contributed by atoms with Gasteiger partial charge in [0, 0.05) is 29.1 Å². The van der Waals surface area contributed by atoms with E-state index in [2.05, 4.69) is 96.9 Å². The van der Waals surface area contributed by atoms with Gasteiger partial charge in [0.1, 0.15) is 0 Å². The summed E-state index contributed by atoms with van der Waals surface area (Å²) in [5, 5.41) is 5.11. The molecule has 0 aliphatic carbocycles. The first kappa shape index (κ1) is 21.6. The van der Waals surface area contributed by atoms with Crippen LogP contribution < -0.4 is 14.8 Å². The standard InChI is InChI=1S/C29H32N2O2/c1-4-32-26-16-21(14-15-25(26)33-18-19(2)3)28-29-27(22-12-8-9-13-24(22)31-29)23(17-30-28)20-10-6-5-7-11-20/h5-16,19,23,28,30-31H,4,17-18H2,1-3H3/t23-,28-/m0/s1. The molecule has 170 valence electrons. The van der Waals surface area contributed by atoms with E-state index < -0.39 is 0 Å². The topological polar surface area (TPSA) is 46.3 Å². The highest BCUT2D eigenvalue weighted by atomic mass is 16.5. The van der Waals surface area contributed by atoms with Crippen molar-refractivity contribution in [3.8, 4) is 11.5 Å². The fourth-order valence-electron chi connectivity index (χ4n) is 4.83. The fraction of sp³-hybridized carbons (Fsp3) is 0.310. The summed E-state index contributed by atoms with van der Waals surface area (Å²) >= 11 is 0. The van der Waals surface area contributed by atoms with Gasteiger partial charge >= 0.3 is 0 Å². The van der Waals surface area contributed by atoms with Gasteiger partial charge in [0.25, 0.3) is 0 Å². The minimum absolute atomic E-state index is 0.0608. The van der Waals surface area contributed by atoms with Gasteiger partial charge in [-0.3, -0.25) is 0 Å². The molecule has 2 N–H and O–H groups in total. The van der Waals surface area contributed by atoms with Gasteiger partial charge in [-0.15, -0.1) is 0 Å². The Kier molecular flexibility index (Phi) is 6.10. The van der Waals surface area contributed by atoms with Crippen molar-refractivity contribution in [2.24, 2.45) is 5.92 Å². The molecular weight excluding hydrogens is 408 g/mol. The van der Waals surface area contributed by atoms with E-state index in [1.807, 2.05) is 6.92 Å². The molecule has 2 heterocycles. The number of ether oxygens (including phenoxy) is 2. The molecule has 5 rings (SSSR count). The number of rotatable bonds is 7. The zero-order valence-electron chi connectivity index (χ0n) is 19.6. The Morgan fingerprint density at radius 3 is 2.45 bits per heavy atom. The summed E-state index contributed by atoms with van der Waals surface area (Å²) in [5.41, 5.74) is 6.31. The van der Waals surface area contributed by atoms with E-state index in [1.54, 1.807) is 0 Å². The number of benzene rings is 3. The lowest BCUT2D eigenvalue weighted by atomic mass is 9.83. The predicted octanol–water partition coefficient (Wildman–Crippen LogP) is 6.43. The predicted molar refractivity (Wildman–Crippen MR) is 134 cm³/mol. The Labute approximate surface area is 195 Å². The molecule has 2 atom stereocenters. The first-order valence-corrected chi connectivity index (χ1v) is 11.9. The number of aromatic nitrogens is 1. The van der Waals surface area contributed by atoms with Crippen LogP contribution in [-0.4, -0.2) is 24.7 Å². The van der Waals surface area contributed by atoms with Crippen molar-refractivity contribution in [1.82, 2.24) is 10.3 Å². The number of nitrogens with one attached hydrogen (secondary N) is 2. The maximum absolute atomic E-state index is 6.03. The molecule has 3 aromatic carbocycles. The number of para-hydroxylation sites is 1. The Balaban J connectivity index is 1.58. The largest absolute Gasteiger partial charge is 0.490 e. The highest BCUT2D eigenvalue weighted by Gasteiger charge is 2.32. The van der Waals surface area contributed by atoms with Crippen LogP contribution in [0.15, 0.2) is 72.8 Å². The minimum Gasteiger partial charge on any atom is -0.490 e. The second-order valence-corrected chi connectivity index (χ2v) is 9.15. The lowest BCUT2D eigenvalue weighted by molar-refractivity contribution is 0.248. The van der Waals surface area contributed by atoms with Crippen molar-refractivity contribution in [2.75, 3.05) is 19.8 Å². The van der Waals surface area contributed by atoms with Crippen molar-refractivity contribution >= 4 is 10.9 Å². The van der Waals surface area contributed by atoms with Crippen LogP contribution in [0.2, 0.25) is 0 Å². The molecule has 0 radical (unpaired) electrons. The molecule has 0 fully saturated rings. The van der Waals surface area contributed by atoms with Crippen LogP contribution in [0.1, 0.15) is 55.1 Å². The van der Waals surface area contributed by atoms with Gasteiger partial charge < -0.3 is 19.8 Å². The highest BCUT2D eigenvalue weighted by Crippen LogP contribution is 2.42. The minimum atomic E-state index is 0.0608. The fourth-order valence-corrected chi connectivity index (χ4v) is 4.83. The summed E-state index contributed by atoms with van der Waals surface area (Å²) in [4.78, 5) is 3.74. The van der Waals surface area contributed by atoms with E-state index in [9.17, 15) is 0 Å². The third kappa shape index (κ3) is 4.23. The molecule has 0 amide bonds. The summed E-state index contributed by atoms with van der Waals surface area (Å²) in [5.74, 6) is 2.38. The van der Waals surface area contributed by atoms with Crippen molar-refractivity contribution in [3.63, 3.8) is 0 Å². The van der Waals surface area contributed by atoms with Crippen molar-refractivity contribution in [3.05, 3.63) is 95.2 Å². The zero-order chi connectivity index (χ0) is 22.8. The van der Waals surface area contributed by atoms with Crippen molar-refractivity contribution in [1.29, 1.82) is 0 Å². The smallest absolute Gasteiger partial charge is 0.161 e. The normalized spacial score (nSPS) is 17.8. The first-order chi connectivity index (χ1) is 16.2. The molecule has 0 saturated carbocycles. The maximum atomic E-state index is 6.03. The Bertz CT molecular complexity index is 1230.